The molecule has 298 valence electrons. The number of carbonyl (C=O) groups is 1. The second kappa shape index (κ2) is 34.0. The second-order valence-corrected chi connectivity index (χ2v) is 16.9. The Hall–Kier alpha value is -0.760. The van der Waals surface area contributed by atoms with Gasteiger partial charge < -0.3 is 28.8 Å². The number of amides is 1. The minimum absolute atomic E-state index is 0.0535. The summed E-state index contributed by atoms with van der Waals surface area (Å²) in [7, 11) is 1.08. The maximum atomic E-state index is 12.9. The fourth-order valence-electron chi connectivity index (χ4n) is 5.90. The topological polar surface area (TPSA) is 108 Å². The zero-order valence-electron chi connectivity index (χ0n) is 35.4. The molecule has 0 aromatic carbocycles. The first kappa shape index (κ1) is 45.4. The van der Waals surface area contributed by atoms with Crippen LogP contribution in [-0.4, -0.2) is 68.5 Å². The third-order valence-electron chi connectivity index (χ3n) is 9.28. The summed E-state index contributed by atoms with van der Waals surface area (Å²) in [6.07, 6.45) is 30.4. The summed E-state index contributed by atoms with van der Waals surface area (Å²) in [6, 6.07) is -1.07. The van der Waals surface area contributed by atoms with Gasteiger partial charge in [0, 0.05) is 9.16 Å². The van der Waals surface area contributed by atoms with Crippen molar-refractivity contribution in [2.45, 2.75) is 206 Å². The number of nitrogens with one attached hydrogen (secondary N) is 1. The van der Waals surface area contributed by atoms with Crippen molar-refractivity contribution in [3.8, 4) is 0 Å². The molecule has 0 saturated carbocycles. The molecule has 0 aliphatic carbocycles. The fraction of sp³-hybridized carbons (Fsp3) is 0.927. The Labute approximate surface area is 313 Å². The number of aliphatic hydroxyl groups excluding tert-OH is 1. The van der Waals surface area contributed by atoms with E-state index in [2.05, 4.69) is 19.2 Å². The summed E-state index contributed by atoms with van der Waals surface area (Å²) >= 11 is 0. The van der Waals surface area contributed by atoms with Gasteiger partial charge in [-0.15, -0.1) is 0 Å². The van der Waals surface area contributed by atoms with Crippen molar-refractivity contribution in [3.63, 3.8) is 0 Å². The molecule has 0 aromatic rings. The fourth-order valence-corrected chi connectivity index (χ4v) is 6.62. The van der Waals surface area contributed by atoms with E-state index in [-0.39, 0.29) is 18.9 Å². The van der Waals surface area contributed by atoms with Crippen LogP contribution in [0.25, 0.3) is 0 Å². The zero-order chi connectivity index (χ0) is 39.0. The molecule has 0 heterocycles. The van der Waals surface area contributed by atoms with Gasteiger partial charge in [-0.25, -0.2) is 0 Å². The lowest BCUT2D eigenvalue weighted by molar-refractivity contribution is -0.870. The van der Waals surface area contributed by atoms with Gasteiger partial charge >= 0.3 is 0 Å². The van der Waals surface area contributed by atoms with Gasteiger partial charge in [-0.05, 0) is 19.2 Å². The number of unbranched alkanes of at least 4 members (excludes halogenated alkanes) is 23. The van der Waals surface area contributed by atoms with Crippen LogP contribution >= 0.6 is 7.82 Å². The first-order valence-corrected chi connectivity index (χ1v) is 22.2. The van der Waals surface area contributed by atoms with Gasteiger partial charge in [0.2, 0.25) is 5.91 Å². The van der Waals surface area contributed by atoms with E-state index >= 15 is 0 Å². The number of phosphoric ester groups is 1. The monoisotopic (exact) mass is 733 g/mol. The number of aliphatic hydroxyl groups is 1. The van der Waals surface area contributed by atoms with Crippen LogP contribution in [0.2, 0.25) is 0 Å². The highest BCUT2D eigenvalue weighted by molar-refractivity contribution is 7.45. The number of nitrogens with zero attached hydrogens (tertiary/aromatic N) is 1. The lowest BCUT2D eigenvalue weighted by Gasteiger charge is -2.29. The highest BCUT2D eigenvalue weighted by Crippen LogP contribution is 2.38. The molecular formula is C41H83N2O6P. The van der Waals surface area contributed by atoms with Crippen LogP contribution in [0.1, 0.15) is 196 Å². The van der Waals surface area contributed by atoms with Crippen LogP contribution in [0.15, 0.2) is 12.2 Å². The largest absolute Gasteiger partial charge is 0.756 e. The van der Waals surface area contributed by atoms with Gasteiger partial charge in [0.15, 0.2) is 0 Å². The third kappa shape index (κ3) is 35.6. The summed E-state index contributed by atoms with van der Waals surface area (Å²) in [6.45, 7) is 4.37. The Bertz CT molecular complexity index is 918. The maximum Gasteiger partial charge on any atom is 0.268 e. The smallest absolute Gasteiger partial charge is 0.268 e. The molecule has 0 aliphatic rings. The molecule has 0 aliphatic heterocycles. The van der Waals surface area contributed by atoms with E-state index in [1.807, 2.05) is 21.1 Å². The van der Waals surface area contributed by atoms with Gasteiger partial charge in [-0.1, -0.05) is 180 Å². The highest BCUT2D eigenvalue weighted by atomic mass is 31.2. The molecule has 1 unspecified atom stereocenters. The zero-order valence-corrected chi connectivity index (χ0v) is 34.3. The number of hydrogen-bond acceptors (Lipinski definition) is 6. The number of rotatable bonds is 38. The molecular weight excluding hydrogens is 647 g/mol. The molecule has 3 atom stereocenters. The van der Waals surface area contributed by atoms with Gasteiger partial charge in [0.05, 0.1) is 39.9 Å². The molecule has 0 fully saturated rings. The molecule has 0 rings (SSSR count). The summed E-state index contributed by atoms with van der Waals surface area (Å²) in [5.74, 6) is -0.296. The lowest BCUT2D eigenvalue weighted by atomic mass is 10.0. The normalized spacial score (nSPS) is 15.5. The van der Waals surface area contributed by atoms with Crippen molar-refractivity contribution in [2.24, 2.45) is 0 Å². The van der Waals surface area contributed by atoms with Crippen LogP contribution in [0, 0.1) is 0 Å². The number of phosphoric acid groups is 1. The minimum Gasteiger partial charge on any atom is -0.756 e. The van der Waals surface area contributed by atoms with E-state index in [0.29, 0.717) is 23.9 Å². The molecule has 0 bridgehead atoms. The summed E-state index contributed by atoms with van der Waals surface area (Å²) in [5, 5.41) is 13.7. The first-order valence-electron chi connectivity index (χ1n) is 21.8. The van der Waals surface area contributed by atoms with Crippen molar-refractivity contribution < 1.29 is 35.6 Å². The van der Waals surface area contributed by atoms with Crippen molar-refractivity contribution in [2.75, 3.05) is 40.9 Å². The molecule has 2 N–H and O–H groups in total. The molecule has 50 heavy (non-hydrogen) atoms. The van der Waals surface area contributed by atoms with E-state index < -0.39 is 32.9 Å². The van der Waals surface area contributed by atoms with Gasteiger partial charge in [-0.3, -0.25) is 9.36 Å². The van der Waals surface area contributed by atoms with E-state index in [1.54, 1.807) is 0 Å². The third-order valence-corrected chi connectivity index (χ3v) is 10.2. The minimum atomic E-state index is -4.68. The van der Waals surface area contributed by atoms with Crippen LogP contribution in [0.3, 0.4) is 0 Å². The van der Waals surface area contributed by atoms with Crippen molar-refractivity contribution in [3.05, 3.63) is 12.2 Å². The average Bonchev–Trinajstić information content (AvgIpc) is 3.07. The van der Waals surface area contributed by atoms with Crippen LogP contribution in [-0.2, 0) is 18.4 Å². The van der Waals surface area contributed by atoms with Crippen LogP contribution in [0.4, 0.5) is 0 Å². The SMILES string of the molecule is [2H]C([2H])(/C=C/[C@@H](O)[C@H](COP(=O)([O-])OCC[N+](C)(C)C)NC(=O)CCCCCCCCCCCCCCCCC)CCCCCCCCCCCC. The Kier molecular flexibility index (Phi) is 30.9. The molecule has 8 nitrogen and oxygen atoms in total. The standard InChI is InChI=1S/C41H83N2O6P/c1-6-8-10-12-14-16-18-20-21-23-25-27-29-31-33-35-41(45)42-39(38-49-50(46,47)48-37-36-43(3,4)5)40(44)34-32-30-28-26-24-22-19-17-15-13-11-9-7-2/h32,34,39-40,44H,6-31,33,35-38H2,1-5H3,(H-,42,45,46,47)/b34-32+/t39-,40+/m0/s1/i30D2. The Balaban J connectivity index is 4.70. The number of carbonyl (C=O) groups excluding carboxylic acids is 1. The Morgan fingerprint density at radius 1 is 0.720 bits per heavy atom. The summed E-state index contributed by atoms with van der Waals surface area (Å²) in [4.78, 5) is 25.3. The molecule has 0 aromatic heterocycles. The predicted molar refractivity (Wildman–Crippen MR) is 210 cm³/mol. The second-order valence-electron chi connectivity index (χ2n) is 15.4. The predicted octanol–water partition coefficient (Wildman–Crippen LogP) is 10.6. The van der Waals surface area contributed by atoms with Crippen molar-refractivity contribution >= 4 is 13.7 Å². The first-order chi connectivity index (χ1) is 24.7. The average molecular weight is 733 g/mol. The number of allylic oxidation sites excluding steroid dienone is 1. The Morgan fingerprint density at radius 2 is 1.12 bits per heavy atom. The maximum absolute atomic E-state index is 12.9. The number of quaternary nitrogens is 1. The Morgan fingerprint density at radius 3 is 1.54 bits per heavy atom. The van der Waals surface area contributed by atoms with E-state index in [0.717, 1.165) is 38.5 Å². The molecule has 0 saturated heterocycles. The van der Waals surface area contributed by atoms with Crippen molar-refractivity contribution in [1.82, 2.24) is 5.32 Å². The molecule has 0 radical (unpaired) electrons. The molecule has 0 spiro atoms. The van der Waals surface area contributed by atoms with Crippen LogP contribution in [0.5, 0.6) is 0 Å². The molecule has 9 heteroatoms. The molecule has 1 amide bonds. The summed E-state index contributed by atoms with van der Waals surface area (Å²) in [5.41, 5.74) is 0. The van der Waals surface area contributed by atoms with Gasteiger partial charge in [-0.2, -0.15) is 0 Å². The lowest BCUT2D eigenvalue weighted by Crippen LogP contribution is -2.45. The van der Waals surface area contributed by atoms with E-state index in [4.69, 9.17) is 11.8 Å². The highest BCUT2D eigenvalue weighted by Gasteiger charge is 2.23. The quantitative estimate of drug-likeness (QED) is 0.0283. The number of hydrogen-bond donors (Lipinski definition) is 2. The van der Waals surface area contributed by atoms with E-state index in [9.17, 15) is 19.4 Å². The van der Waals surface area contributed by atoms with Gasteiger partial charge in [0.25, 0.3) is 7.82 Å². The van der Waals surface area contributed by atoms with Gasteiger partial charge in [0.1, 0.15) is 13.2 Å². The summed E-state index contributed by atoms with van der Waals surface area (Å²) < 4.78 is 39.9. The van der Waals surface area contributed by atoms with Crippen LogP contribution < -0.4 is 10.2 Å². The van der Waals surface area contributed by atoms with E-state index in [1.165, 1.54) is 128 Å². The number of likely N-dealkylation sites (N-methyl/N-ethyl adjacent to an activating group) is 1. The van der Waals surface area contributed by atoms with Crippen molar-refractivity contribution in [1.29, 1.82) is 0 Å².